The number of hydrogen-bond donors (Lipinski definition) is 2. The average molecular weight is 481 g/mol. The Kier molecular flexibility index (Phi) is 6.80. The summed E-state index contributed by atoms with van der Waals surface area (Å²) in [4.78, 5) is 15.6. The van der Waals surface area contributed by atoms with E-state index in [0.717, 1.165) is 46.7 Å². The molecule has 1 amide bonds. The fraction of sp³-hybridized carbons (Fsp3) is 0.310. The van der Waals surface area contributed by atoms with Crippen molar-refractivity contribution in [2.24, 2.45) is 11.8 Å². The Labute approximate surface area is 211 Å². The number of aryl methyl sites for hydroxylation is 1. The fourth-order valence-electron chi connectivity index (χ4n) is 5.24. The van der Waals surface area contributed by atoms with Crippen LogP contribution in [0.15, 0.2) is 66.7 Å². The molecule has 1 aliphatic heterocycles. The highest BCUT2D eigenvalue weighted by atomic mass is 16.1. The molecular weight excluding hydrogens is 448 g/mol. The number of amides is 1. The number of nitrogens with zero attached hydrogens (tertiary/aromatic N) is 4. The van der Waals surface area contributed by atoms with Crippen LogP contribution in [0.1, 0.15) is 31.4 Å². The molecule has 0 aliphatic carbocycles. The van der Waals surface area contributed by atoms with Crippen LogP contribution in [0.2, 0.25) is 0 Å². The maximum Gasteiger partial charge on any atom is 0.228 e. The van der Waals surface area contributed by atoms with Gasteiger partial charge in [0.15, 0.2) is 5.82 Å². The molecule has 2 unspecified atom stereocenters. The van der Waals surface area contributed by atoms with Gasteiger partial charge in [0.2, 0.25) is 5.91 Å². The molecule has 0 spiro atoms. The van der Waals surface area contributed by atoms with Gasteiger partial charge in [-0.1, -0.05) is 74.0 Å². The van der Waals surface area contributed by atoms with Crippen LogP contribution in [-0.2, 0) is 11.2 Å². The summed E-state index contributed by atoms with van der Waals surface area (Å²) in [5.41, 5.74) is 6.98. The number of benzene rings is 3. The zero-order valence-corrected chi connectivity index (χ0v) is 21.0. The van der Waals surface area contributed by atoms with Crippen molar-refractivity contribution in [1.82, 2.24) is 20.6 Å². The molecule has 5 rings (SSSR count). The number of nitrogens with one attached hydrogen (secondary N) is 2. The van der Waals surface area contributed by atoms with Crippen LogP contribution < -0.4 is 10.2 Å². The molecule has 4 aromatic rings. The molecule has 0 saturated carbocycles. The smallest absolute Gasteiger partial charge is 0.228 e. The van der Waals surface area contributed by atoms with Crippen molar-refractivity contribution >= 4 is 17.3 Å². The van der Waals surface area contributed by atoms with E-state index in [9.17, 15) is 4.79 Å². The molecule has 1 aliphatic rings. The summed E-state index contributed by atoms with van der Waals surface area (Å²) in [7, 11) is 0. The van der Waals surface area contributed by atoms with Crippen molar-refractivity contribution in [2.45, 2.75) is 33.6 Å². The van der Waals surface area contributed by atoms with E-state index in [-0.39, 0.29) is 5.91 Å². The molecule has 3 aromatic carbocycles. The largest absolute Gasteiger partial charge is 0.369 e. The zero-order valence-electron chi connectivity index (χ0n) is 21.0. The molecule has 36 heavy (non-hydrogen) atoms. The second-order valence-corrected chi connectivity index (χ2v) is 10.1. The van der Waals surface area contributed by atoms with E-state index in [1.165, 1.54) is 12.0 Å². The third kappa shape index (κ3) is 5.30. The fourth-order valence-corrected chi connectivity index (χ4v) is 5.24. The zero-order chi connectivity index (χ0) is 25.1. The van der Waals surface area contributed by atoms with Crippen LogP contribution in [0.3, 0.4) is 0 Å². The van der Waals surface area contributed by atoms with Gasteiger partial charge in [0.25, 0.3) is 0 Å². The first-order valence-corrected chi connectivity index (χ1v) is 12.5. The Morgan fingerprint density at radius 3 is 2.42 bits per heavy atom. The maximum absolute atomic E-state index is 13.2. The number of aromatic nitrogens is 4. The standard InChI is InChI=1S/C29H32N6O/c1-19-8-10-22(11-9-19)15-28(36)30-26-16-23(12-13-27(26)35-17-20(2)14-21(3)18-35)24-6-4-5-7-25(24)29-31-33-34-32-29/h4-13,16,20-21H,14-15,17-18H2,1-3H3,(H,30,36)(H,31,32,33,34). The van der Waals surface area contributed by atoms with Gasteiger partial charge in [-0.05, 0) is 64.4 Å². The number of anilines is 2. The predicted octanol–water partition coefficient (Wildman–Crippen LogP) is 5.51. The molecule has 2 heterocycles. The van der Waals surface area contributed by atoms with Crippen molar-refractivity contribution in [3.05, 3.63) is 77.9 Å². The Balaban J connectivity index is 1.51. The first kappa shape index (κ1) is 23.7. The first-order valence-electron chi connectivity index (χ1n) is 12.5. The minimum Gasteiger partial charge on any atom is -0.369 e. The van der Waals surface area contributed by atoms with Gasteiger partial charge in [0.05, 0.1) is 17.8 Å². The van der Waals surface area contributed by atoms with Gasteiger partial charge in [0.1, 0.15) is 0 Å². The number of rotatable bonds is 6. The van der Waals surface area contributed by atoms with E-state index in [4.69, 9.17) is 0 Å². The molecule has 1 fully saturated rings. The quantitative estimate of drug-likeness (QED) is 0.380. The van der Waals surface area contributed by atoms with Crippen LogP contribution in [0, 0.1) is 18.8 Å². The summed E-state index contributed by atoms with van der Waals surface area (Å²) in [6, 6.07) is 22.5. The van der Waals surface area contributed by atoms with Gasteiger partial charge < -0.3 is 10.2 Å². The number of hydrogen-bond acceptors (Lipinski definition) is 5. The van der Waals surface area contributed by atoms with Crippen molar-refractivity contribution in [3.63, 3.8) is 0 Å². The highest BCUT2D eigenvalue weighted by molar-refractivity contribution is 5.97. The van der Waals surface area contributed by atoms with Crippen LogP contribution in [0.5, 0.6) is 0 Å². The SMILES string of the molecule is Cc1ccc(CC(=O)Nc2cc(-c3ccccc3-c3nnn[nH]3)ccc2N2CC(C)CC(C)C2)cc1. The number of piperidine rings is 1. The molecule has 184 valence electrons. The van der Waals surface area contributed by atoms with Crippen molar-refractivity contribution in [1.29, 1.82) is 0 Å². The minimum absolute atomic E-state index is 0.0249. The van der Waals surface area contributed by atoms with Gasteiger partial charge in [0, 0.05) is 18.7 Å². The lowest BCUT2D eigenvalue weighted by molar-refractivity contribution is -0.115. The monoisotopic (exact) mass is 480 g/mol. The number of carbonyl (C=O) groups excluding carboxylic acids is 1. The minimum atomic E-state index is -0.0249. The summed E-state index contributed by atoms with van der Waals surface area (Å²) >= 11 is 0. The van der Waals surface area contributed by atoms with Gasteiger partial charge in [-0.25, -0.2) is 5.10 Å². The average Bonchev–Trinajstić information content (AvgIpc) is 3.40. The van der Waals surface area contributed by atoms with Crippen molar-refractivity contribution in [2.75, 3.05) is 23.3 Å². The summed E-state index contributed by atoms with van der Waals surface area (Å²) in [5, 5.41) is 17.7. The van der Waals surface area contributed by atoms with E-state index in [2.05, 4.69) is 75.9 Å². The molecule has 0 radical (unpaired) electrons. The van der Waals surface area contributed by atoms with Crippen LogP contribution in [0.4, 0.5) is 11.4 Å². The third-order valence-electron chi connectivity index (χ3n) is 6.80. The van der Waals surface area contributed by atoms with Gasteiger partial charge in [-0.2, -0.15) is 0 Å². The Morgan fingerprint density at radius 1 is 1.00 bits per heavy atom. The summed E-state index contributed by atoms with van der Waals surface area (Å²) < 4.78 is 0. The lowest BCUT2D eigenvalue weighted by Crippen LogP contribution is -2.39. The van der Waals surface area contributed by atoms with E-state index in [1.54, 1.807) is 0 Å². The molecule has 2 N–H and O–H groups in total. The van der Waals surface area contributed by atoms with E-state index in [0.29, 0.717) is 24.1 Å². The number of aromatic amines is 1. The summed E-state index contributed by atoms with van der Waals surface area (Å²) in [5.74, 6) is 1.79. The Hall–Kier alpha value is -4.00. The molecular formula is C29H32N6O. The maximum atomic E-state index is 13.2. The molecule has 1 aromatic heterocycles. The molecule has 7 nitrogen and oxygen atoms in total. The highest BCUT2D eigenvalue weighted by Gasteiger charge is 2.24. The van der Waals surface area contributed by atoms with Crippen molar-refractivity contribution in [3.8, 4) is 22.5 Å². The van der Waals surface area contributed by atoms with Crippen LogP contribution in [-0.4, -0.2) is 39.6 Å². The van der Waals surface area contributed by atoms with Crippen LogP contribution in [0.25, 0.3) is 22.5 Å². The van der Waals surface area contributed by atoms with Gasteiger partial charge in [-0.3, -0.25) is 4.79 Å². The lowest BCUT2D eigenvalue weighted by Gasteiger charge is -2.37. The molecule has 7 heteroatoms. The summed E-state index contributed by atoms with van der Waals surface area (Å²) in [6.07, 6.45) is 1.55. The van der Waals surface area contributed by atoms with Crippen LogP contribution >= 0.6 is 0 Å². The normalized spacial score (nSPS) is 17.7. The van der Waals surface area contributed by atoms with Gasteiger partial charge in [-0.15, -0.1) is 5.10 Å². The number of tetrazole rings is 1. The molecule has 2 atom stereocenters. The predicted molar refractivity (Wildman–Crippen MR) is 144 cm³/mol. The number of H-pyrrole nitrogens is 1. The topological polar surface area (TPSA) is 86.8 Å². The van der Waals surface area contributed by atoms with Gasteiger partial charge >= 0.3 is 0 Å². The highest BCUT2D eigenvalue weighted by Crippen LogP contribution is 2.37. The van der Waals surface area contributed by atoms with E-state index in [1.807, 2.05) is 42.5 Å². The number of carbonyl (C=O) groups is 1. The Morgan fingerprint density at radius 2 is 1.72 bits per heavy atom. The summed E-state index contributed by atoms with van der Waals surface area (Å²) in [6.45, 7) is 8.60. The Bertz CT molecular complexity index is 1320. The van der Waals surface area contributed by atoms with Crippen molar-refractivity contribution < 1.29 is 4.79 Å². The second kappa shape index (κ2) is 10.3. The van der Waals surface area contributed by atoms with E-state index >= 15 is 0 Å². The first-order chi connectivity index (χ1) is 17.5. The van der Waals surface area contributed by atoms with E-state index < -0.39 is 0 Å². The third-order valence-corrected chi connectivity index (χ3v) is 6.80. The molecule has 1 saturated heterocycles. The lowest BCUT2D eigenvalue weighted by atomic mass is 9.91. The molecule has 0 bridgehead atoms. The second-order valence-electron chi connectivity index (χ2n) is 10.1.